The number of imidazole rings is 1. The molecule has 0 fully saturated rings. The van der Waals surface area contributed by atoms with Gasteiger partial charge in [0.15, 0.2) is 5.69 Å². The van der Waals surface area contributed by atoms with Crippen LogP contribution in [-0.4, -0.2) is 20.6 Å². The molecule has 0 unspecified atom stereocenters. The minimum Gasteiger partial charge on any atom is -0.476 e. The molecule has 2 rings (SSSR count). The highest BCUT2D eigenvalue weighted by Crippen LogP contribution is 2.16. The number of carboxylic acids is 1. The molecule has 0 saturated carbocycles. The summed E-state index contributed by atoms with van der Waals surface area (Å²) in [7, 11) is 1.85. The van der Waals surface area contributed by atoms with E-state index in [0.717, 1.165) is 22.4 Å². The lowest BCUT2D eigenvalue weighted by molar-refractivity contribution is 0.0689. The van der Waals surface area contributed by atoms with Gasteiger partial charge in [0.05, 0.1) is 5.69 Å². The molecule has 0 atom stereocenters. The summed E-state index contributed by atoms with van der Waals surface area (Å²) in [5.74, 6) is -0.238. The molecule has 1 aromatic carbocycles. The number of aryl methyl sites for hydroxylation is 2. The summed E-state index contributed by atoms with van der Waals surface area (Å²) in [4.78, 5) is 15.3. The lowest BCUT2D eigenvalue weighted by atomic mass is 10.1. The Morgan fingerprint density at radius 2 is 1.95 bits per heavy atom. The van der Waals surface area contributed by atoms with Crippen LogP contribution in [-0.2, 0) is 19.9 Å². The van der Waals surface area contributed by atoms with Gasteiger partial charge in [-0.2, -0.15) is 0 Å². The van der Waals surface area contributed by atoms with E-state index < -0.39 is 5.97 Å². The average Bonchev–Trinajstić information content (AvgIpc) is 2.66. The number of nitrogens with zero attached hydrogens (tertiary/aromatic N) is 2. The molecule has 1 aromatic heterocycles. The Morgan fingerprint density at radius 3 is 2.53 bits per heavy atom. The van der Waals surface area contributed by atoms with E-state index in [1.807, 2.05) is 42.8 Å². The van der Waals surface area contributed by atoms with Crippen molar-refractivity contribution in [2.45, 2.75) is 19.8 Å². The number of carbonyl (C=O) groups is 1. The second-order valence-corrected chi connectivity index (χ2v) is 5.36. The van der Waals surface area contributed by atoms with Crippen molar-refractivity contribution in [2.75, 3.05) is 0 Å². The average molecular weight is 323 g/mol. The van der Waals surface area contributed by atoms with E-state index in [-0.39, 0.29) is 5.69 Å². The van der Waals surface area contributed by atoms with Gasteiger partial charge in [-0.15, -0.1) is 0 Å². The smallest absolute Gasteiger partial charge is 0.356 e. The summed E-state index contributed by atoms with van der Waals surface area (Å²) in [5, 5.41) is 9.15. The fourth-order valence-electron chi connectivity index (χ4n) is 2.03. The van der Waals surface area contributed by atoms with Gasteiger partial charge in [0.2, 0.25) is 0 Å². The van der Waals surface area contributed by atoms with E-state index in [1.165, 1.54) is 5.56 Å². The zero-order valence-corrected chi connectivity index (χ0v) is 12.4. The van der Waals surface area contributed by atoms with E-state index in [2.05, 4.69) is 20.9 Å². The second kappa shape index (κ2) is 5.57. The van der Waals surface area contributed by atoms with Crippen molar-refractivity contribution in [3.05, 3.63) is 51.5 Å². The van der Waals surface area contributed by atoms with Gasteiger partial charge in [0.25, 0.3) is 0 Å². The van der Waals surface area contributed by atoms with Gasteiger partial charge in [-0.25, -0.2) is 9.78 Å². The van der Waals surface area contributed by atoms with Crippen LogP contribution in [0.4, 0.5) is 0 Å². The molecule has 0 radical (unpaired) electrons. The number of carboxylic acid groups (broad SMARTS) is 1. The van der Waals surface area contributed by atoms with Crippen molar-refractivity contribution >= 4 is 21.9 Å². The number of benzene rings is 1. The molecule has 0 saturated heterocycles. The first kappa shape index (κ1) is 13.8. The molecule has 0 aliphatic rings. The van der Waals surface area contributed by atoms with Crippen LogP contribution in [0.25, 0.3) is 0 Å². The second-order valence-electron chi connectivity index (χ2n) is 4.44. The molecular weight excluding hydrogens is 308 g/mol. The Kier molecular flexibility index (Phi) is 4.04. The van der Waals surface area contributed by atoms with Crippen LogP contribution < -0.4 is 0 Å². The van der Waals surface area contributed by atoms with Crippen LogP contribution in [0.2, 0.25) is 0 Å². The largest absolute Gasteiger partial charge is 0.476 e. The van der Waals surface area contributed by atoms with Gasteiger partial charge in [-0.3, -0.25) is 0 Å². The summed E-state index contributed by atoms with van der Waals surface area (Å²) in [6.45, 7) is 1.82. The third kappa shape index (κ3) is 3.04. The van der Waals surface area contributed by atoms with Crippen LogP contribution in [0.5, 0.6) is 0 Å². The van der Waals surface area contributed by atoms with Crippen molar-refractivity contribution in [3.63, 3.8) is 0 Å². The first-order valence-electron chi connectivity index (χ1n) is 5.99. The molecular formula is C14H15BrN2O2. The highest BCUT2D eigenvalue weighted by Gasteiger charge is 2.17. The van der Waals surface area contributed by atoms with Crippen LogP contribution in [0, 0.1) is 6.92 Å². The molecule has 100 valence electrons. The minimum atomic E-state index is -0.963. The predicted octanol–water partition coefficient (Wildman–Crippen LogP) is 2.97. The number of halogens is 1. The number of aromatic nitrogens is 2. The molecule has 19 heavy (non-hydrogen) atoms. The fourth-order valence-corrected chi connectivity index (χ4v) is 2.29. The Morgan fingerprint density at radius 1 is 1.32 bits per heavy atom. The first-order chi connectivity index (χ1) is 8.99. The Bertz CT molecular complexity index is 603. The molecule has 5 heteroatoms. The maximum atomic E-state index is 11.2. The summed E-state index contributed by atoms with van der Waals surface area (Å²) in [5.41, 5.74) is 2.11. The third-order valence-corrected chi connectivity index (χ3v) is 3.73. The van der Waals surface area contributed by atoms with E-state index in [4.69, 9.17) is 5.11 Å². The van der Waals surface area contributed by atoms with Gasteiger partial charge in [0.1, 0.15) is 5.82 Å². The fraction of sp³-hybridized carbons (Fsp3) is 0.286. The summed E-state index contributed by atoms with van der Waals surface area (Å²) in [6.07, 6.45) is 1.47. The van der Waals surface area contributed by atoms with Gasteiger partial charge in [-0.1, -0.05) is 28.1 Å². The minimum absolute atomic E-state index is 0.164. The topological polar surface area (TPSA) is 55.1 Å². The zero-order valence-electron chi connectivity index (χ0n) is 10.9. The quantitative estimate of drug-likeness (QED) is 0.941. The molecule has 4 nitrogen and oxygen atoms in total. The van der Waals surface area contributed by atoms with E-state index >= 15 is 0 Å². The number of hydrogen-bond acceptors (Lipinski definition) is 2. The lowest BCUT2D eigenvalue weighted by Gasteiger charge is -2.05. The Labute approximate surface area is 120 Å². The van der Waals surface area contributed by atoms with Crippen molar-refractivity contribution in [3.8, 4) is 0 Å². The van der Waals surface area contributed by atoms with Gasteiger partial charge < -0.3 is 9.67 Å². The van der Waals surface area contributed by atoms with Gasteiger partial charge in [0, 0.05) is 11.5 Å². The number of aromatic carboxylic acids is 1. The third-order valence-electron chi connectivity index (χ3n) is 3.20. The summed E-state index contributed by atoms with van der Waals surface area (Å²) in [6, 6.07) is 8.05. The Hall–Kier alpha value is -1.62. The summed E-state index contributed by atoms with van der Waals surface area (Å²) >= 11 is 3.40. The lowest BCUT2D eigenvalue weighted by Crippen LogP contribution is -2.06. The molecule has 0 spiro atoms. The SMILES string of the molecule is Cc1nc(C(=O)O)c(CCc2ccc(Br)cc2)n1C. The van der Waals surface area contributed by atoms with E-state index in [0.29, 0.717) is 6.42 Å². The maximum absolute atomic E-state index is 11.2. The Balaban J connectivity index is 2.19. The highest BCUT2D eigenvalue weighted by molar-refractivity contribution is 9.10. The van der Waals surface area contributed by atoms with Gasteiger partial charge in [-0.05, 0) is 37.5 Å². The van der Waals surface area contributed by atoms with Gasteiger partial charge >= 0.3 is 5.97 Å². The maximum Gasteiger partial charge on any atom is 0.356 e. The van der Waals surface area contributed by atoms with Crippen molar-refractivity contribution in [1.82, 2.24) is 9.55 Å². The zero-order chi connectivity index (χ0) is 14.0. The standard InChI is InChI=1S/C14H15BrN2O2/c1-9-16-13(14(18)19)12(17(9)2)8-5-10-3-6-11(15)7-4-10/h3-4,6-7H,5,8H2,1-2H3,(H,18,19). The first-order valence-corrected chi connectivity index (χ1v) is 6.78. The molecule has 0 bridgehead atoms. The molecule has 0 aliphatic heterocycles. The highest BCUT2D eigenvalue weighted by atomic mass is 79.9. The molecule has 1 heterocycles. The van der Waals surface area contributed by atoms with E-state index in [1.54, 1.807) is 0 Å². The normalized spacial score (nSPS) is 10.7. The molecule has 0 aliphatic carbocycles. The molecule has 0 amide bonds. The summed E-state index contributed by atoms with van der Waals surface area (Å²) < 4.78 is 2.89. The van der Waals surface area contributed by atoms with Crippen LogP contribution in [0.1, 0.15) is 27.6 Å². The number of rotatable bonds is 4. The monoisotopic (exact) mass is 322 g/mol. The van der Waals surface area contributed by atoms with Crippen LogP contribution in [0.3, 0.4) is 0 Å². The van der Waals surface area contributed by atoms with Crippen molar-refractivity contribution < 1.29 is 9.90 Å². The van der Waals surface area contributed by atoms with Crippen molar-refractivity contribution in [1.29, 1.82) is 0 Å². The predicted molar refractivity (Wildman–Crippen MR) is 76.5 cm³/mol. The molecule has 1 N–H and O–H groups in total. The van der Waals surface area contributed by atoms with E-state index in [9.17, 15) is 4.79 Å². The van der Waals surface area contributed by atoms with Crippen LogP contribution >= 0.6 is 15.9 Å². The molecule has 2 aromatic rings. The van der Waals surface area contributed by atoms with Crippen molar-refractivity contribution in [2.24, 2.45) is 7.05 Å². The van der Waals surface area contributed by atoms with Crippen LogP contribution in [0.15, 0.2) is 28.7 Å². The number of hydrogen-bond donors (Lipinski definition) is 1.